The Morgan fingerprint density at radius 1 is 1.33 bits per heavy atom. The van der Waals surface area contributed by atoms with Crippen LogP contribution in [0.2, 0.25) is 0 Å². The van der Waals surface area contributed by atoms with Gasteiger partial charge < -0.3 is 14.6 Å². The molecule has 1 aliphatic carbocycles. The maximum Gasteiger partial charge on any atom is 0.161 e. The third-order valence-electron chi connectivity index (χ3n) is 4.66. The van der Waals surface area contributed by atoms with Crippen molar-refractivity contribution in [2.24, 2.45) is 11.3 Å². The van der Waals surface area contributed by atoms with E-state index in [2.05, 4.69) is 13.0 Å². The molecule has 0 radical (unpaired) electrons. The van der Waals surface area contributed by atoms with E-state index in [0.29, 0.717) is 30.6 Å². The van der Waals surface area contributed by atoms with Crippen LogP contribution in [0.15, 0.2) is 18.2 Å². The second kappa shape index (κ2) is 5.57. The number of hydrogen-bond acceptors (Lipinski definition) is 4. The molecule has 112 valence electrons. The monoisotopic (exact) mass is 287 g/mol. The largest absolute Gasteiger partial charge is 0.486 e. The molecular formula is C17H21NO3. The molecule has 0 aromatic heterocycles. The van der Waals surface area contributed by atoms with E-state index in [9.17, 15) is 10.4 Å². The lowest BCUT2D eigenvalue weighted by Gasteiger charge is -2.38. The van der Waals surface area contributed by atoms with Crippen LogP contribution >= 0.6 is 0 Å². The molecule has 3 atom stereocenters. The Morgan fingerprint density at radius 2 is 2.10 bits per heavy atom. The first-order valence-electron chi connectivity index (χ1n) is 7.63. The molecule has 0 spiro atoms. The highest BCUT2D eigenvalue weighted by Crippen LogP contribution is 2.48. The van der Waals surface area contributed by atoms with Gasteiger partial charge in [-0.25, -0.2) is 0 Å². The maximum absolute atomic E-state index is 10.8. The first kappa shape index (κ1) is 14.2. The quantitative estimate of drug-likeness (QED) is 0.907. The molecule has 1 saturated carbocycles. The second-order valence-corrected chi connectivity index (χ2v) is 6.28. The van der Waals surface area contributed by atoms with Crippen LogP contribution in [0.1, 0.15) is 44.3 Å². The van der Waals surface area contributed by atoms with E-state index >= 15 is 0 Å². The molecule has 3 rings (SSSR count). The summed E-state index contributed by atoms with van der Waals surface area (Å²) in [6.07, 6.45) is 2.86. The van der Waals surface area contributed by atoms with Gasteiger partial charge in [0, 0.05) is 0 Å². The Labute approximate surface area is 125 Å². The minimum atomic E-state index is -0.777. The van der Waals surface area contributed by atoms with E-state index in [1.807, 2.05) is 18.2 Å². The molecule has 1 fully saturated rings. The Bertz CT molecular complexity index is 566. The highest BCUT2D eigenvalue weighted by molar-refractivity contribution is 5.45. The molecule has 0 amide bonds. The number of rotatable bonds is 2. The fourth-order valence-electron chi connectivity index (χ4n) is 3.55. The third kappa shape index (κ3) is 2.58. The number of nitrogens with zero attached hydrogens (tertiary/aromatic N) is 1. The van der Waals surface area contributed by atoms with Crippen molar-refractivity contribution in [3.8, 4) is 17.6 Å². The summed E-state index contributed by atoms with van der Waals surface area (Å²) in [5.41, 5.74) is 0.0661. The summed E-state index contributed by atoms with van der Waals surface area (Å²) in [6, 6.07) is 7.89. The molecule has 1 aromatic carbocycles. The first-order valence-corrected chi connectivity index (χ1v) is 7.63. The lowest BCUT2D eigenvalue weighted by Crippen LogP contribution is -2.33. The number of nitriles is 1. The SMILES string of the molecule is CC1CCCC(C#N)(C(O)c2ccc3c(c2)OCCO3)C1. The summed E-state index contributed by atoms with van der Waals surface area (Å²) in [6.45, 7) is 3.23. The number of ether oxygens (including phenoxy) is 2. The van der Waals surface area contributed by atoms with Gasteiger partial charge in [-0.05, 0) is 36.5 Å². The van der Waals surface area contributed by atoms with Crippen LogP contribution in [0, 0.1) is 22.7 Å². The van der Waals surface area contributed by atoms with Gasteiger partial charge in [-0.3, -0.25) is 0 Å². The van der Waals surface area contributed by atoms with Gasteiger partial charge in [0.1, 0.15) is 13.2 Å². The molecule has 1 aliphatic heterocycles. The van der Waals surface area contributed by atoms with E-state index in [1.54, 1.807) is 0 Å². The average Bonchev–Trinajstić information content (AvgIpc) is 2.53. The molecule has 1 heterocycles. The van der Waals surface area contributed by atoms with Crippen molar-refractivity contribution in [1.82, 2.24) is 0 Å². The number of benzene rings is 1. The van der Waals surface area contributed by atoms with Crippen molar-refractivity contribution in [1.29, 1.82) is 5.26 Å². The van der Waals surface area contributed by atoms with Crippen LogP contribution in [0.3, 0.4) is 0 Å². The first-order chi connectivity index (χ1) is 10.1. The van der Waals surface area contributed by atoms with Crippen molar-refractivity contribution in [2.75, 3.05) is 13.2 Å². The number of fused-ring (bicyclic) bond motifs is 1. The Morgan fingerprint density at radius 3 is 2.81 bits per heavy atom. The van der Waals surface area contributed by atoms with E-state index in [-0.39, 0.29) is 0 Å². The molecule has 0 bridgehead atoms. The predicted octanol–water partition coefficient (Wildman–Crippen LogP) is 3.21. The number of aliphatic hydroxyl groups is 1. The molecule has 2 aliphatic rings. The van der Waals surface area contributed by atoms with E-state index in [4.69, 9.17) is 9.47 Å². The predicted molar refractivity (Wildman–Crippen MR) is 78.1 cm³/mol. The highest BCUT2D eigenvalue weighted by Gasteiger charge is 2.42. The lowest BCUT2D eigenvalue weighted by atomic mass is 9.66. The van der Waals surface area contributed by atoms with Gasteiger partial charge in [-0.15, -0.1) is 0 Å². The molecule has 3 unspecified atom stereocenters. The molecule has 0 saturated heterocycles. The maximum atomic E-state index is 10.8. The number of aliphatic hydroxyl groups excluding tert-OH is 1. The zero-order valence-electron chi connectivity index (χ0n) is 12.3. The van der Waals surface area contributed by atoms with Crippen molar-refractivity contribution in [3.63, 3.8) is 0 Å². The molecule has 1 N–H and O–H groups in total. The van der Waals surface area contributed by atoms with Crippen LogP contribution in [0.5, 0.6) is 11.5 Å². The van der Waals surface area contributed by atoms with Crippen molar-refractivity contribution >= 4 is 0 Å². The van der Waals surface area contributed by atoms with Gasteiger partial charge in [-0.1, -0.05) is 25.8 Å². The van der Waals surface area contributed by atoms with Crippen LogP contribution in [0.4, 0.5) is 0 Å². The molecule has 4 nitrogen and oxygen atoms in total. The van der Waals surface area contributed by atoms with E-state index in [0.717, 1.165) is 31.2 Å². The molecule has 4 heteroatoms. The van der Waals surface area contributed by atoms with Gasteiger partial charge in [0.2, 0.25) is 0 Å². The highest BCUT2D eigenvalue weighted by atomic mass is 16.6. The van der Waals surface area contributed by atoms with Crippen molar-refractivity contribution in [3.05, 3.63) is 23.8 Å². The van der Waals surface area contributed by atoms with Crippen LogP contribution in [-0.2, 0) is 0 Å². The fourth-order valence-corrected chi connectivity index (χ4v) is 3.55. The Kier molecular flexibility index (Phi) is 3.77. The summed E-state index contributed by atoms with van der Waals surface area (Å²) < 4.78 is 11.1. The summed E-state index contributed by atoms with van der Waals surface area (Å²) in [4.78, 5) is 0. The Balaban J connectivity index is 1.90. The lowest BCUT2D eigenvalue weighted by molar-refractivity contribution is 0.0216. The summed E-state index contributed by atoms with van der Waals surface area (Å²) in [7, 11) is 0. The van der Waals surface area contributed by atoms with Crippen LogP contribution in [-0.4, -0.2) is 18.3 Å². The Hall–Kier alpha value is -1.73. The van der Waals surface area contributed by atoms with Gasteiger partial charge in [0.15, 0.2) is 11.5 Å². The van der Waals surface area contributed by atoms with Crippen molar-refractivity contribution < 1.29 is 14.6 Å². The average molecular weight is 287 g/mol. The number of hydrogen-bond donors (Lipinski definition) is 1. The molecular weight excluding hydrogens is 266 g/mol. The molecule has 21 heavy (non-hydrogen) atoms. The summed E-state index contributed by atoms with van der Waals surface area (Å²) in [5.74, 6) is 1.85. The molecule has 1 aromatic rings. The minimum absolute atomic E-state index is 0.477. The second-order valence-electron chi connectivity index (χ2n) is 6.28. The minimum Gasteiger partial charge on any atom is -0.486 e. The van der Waals surface area contributed by atoms with Gasteiger partial charge in [0.05, 0.1) is 17.6 Å². The standard InChI is InChI=1S/C17H21NO3/c1-12-3-2-6-17(10-12,11-18)16(19)13-4-5-14-15(9-13)21-8-7-20-14/h4-5,9,12,16,19H,2-3,6-8,10H2,1H3. The van der Waals surface area contributed by atoms with E-state index < -0.39 is 11.5 Å². The zero-order chi connectivity index (χ0) is 14.9. The zero-order valence-corrected chi connectivity index (χ0v) is 12.3. The third-order valence-corrected chi connectivity index (χ3v) is 4.66. The van der Waals surface area contributed by atoms with E-state index in [1.165, 1.54) is 0 Å². The van der Waals surface area contributed by atoms with Gasteiger partial charge in [-0.2, -0.15) is 5.26 Å². The van der Waals surface area contributed by atoms with Crippen LogP contribution < -0.4 is 9.47 Å². The van der Waals surface area contributed by atoms with Crippen molar-refractivity contribution in [2.45, 2.75) is 38.7 Å². The normalized spacial score (nSPS) is 29.5. The van der Waals surface area contributed by atoms with Crippen LogP contribution in [0.25, 0.3) is 0 Å². The smallest absolute Gasteiger partial charge is 0.161 e. The topological polar surface area (TPSA) is 62.5 Å². The fraction of sp³-hybridized carbons (Fsp3) is 0.588. The van der Waals surface area contributed by atoms with Gasteiger partial charge >= 0.3 is 0 Å². The summed E-state index contributed by atoms with van der Waals surface area (Å²) in [5, 5.41) is 20.5. The summed E-state index contributed by atoms with van der Waals surface area (Å²) >= 11 is 0. The van der Waals surface area contributed by atoms with Gasteiger partial charge in [0.25, 0.3) is 0 Å².